The van der Waals surface area contributed by atoms with Crippen molar-refractivity contribution in [2.24, 2.45) is 0 Å². The van der Waals surface area contributed by atoms with Crippen molar-refractivity contribution in [2.75, 3.05) is 51.1 Å². The number of anilines is 1. The zero-order chi connectivity index (χ0) is 20.1. The van der Waals surface area contributed by atoms with Crippen molar-refractivity contribution < 1.29 is 4.52 Å². The molecule has 1 saturated heterocycles. The van der Waals surface area contributed by atoms with Crippen LogP contribution in [0.4, 0.5) is 5.82 Å². The fourth-order valence-corrected chi connectivity index (χ4v) is 3.89. The minimum Gasteiger partial charge on any atom is -0.369 e. The van der Waals surface area contributed by atoms with Crippen LogP contribution in [-0.4, -0.2) is 70.7 Å². The van der Waals surface area contributed by atoms with E-state index in [1.54, 1.807) is 0 Å². The van der Waals surface area contributed by atoms with Gasteiger partial charge >= 0.3 is 0 Å². The van der Waals surface area contributed by atoms with Gasteiger partial charge in [-0.15, -0.1) is 0 Å². The molecule has 0 radical (unpaired) electrons. The SMILES string of the molecule is CCCN1CCN(CCCNc2ncnc3onc(-c4ccc(C)cc4)c23)CC1. The lowest BCUT2D eigenvalue weighted by Gasteiger charge is -2.34. The average molecular weight is 395 g/mol. The van der Waals surface area contributed by atoms with Gasteiger partial charge in [0.1, 0.15) is 23.2 Å². The third kappa shape index (κ3) is 4.74. The molecule has 3 aromatic rings. The summed E-state index contributed by atoms with van der Waals surface area (Å²) in [6.45, 7) is 12.2. The molecule has 0 amide bonds. The van der Waals surface area contributed by atoms with Crippen molar-refractivity contribution in [3.63, 3.8) is 0 Å². The van der Waals surface area contributed by atoms with E-state index in [9.17, 15) is 0 Å². The van der Waals surface area contributed by atoms with Gasteiger partial charge in [0, 0.05) is 38.3 Å². The van der Waals surface area contributed by atoms with Gasteiger partial charge in [-0.1, -0.05) is 41.9 Å². The van der Waals surface area contributed by atoms with Crippen LogP contribution in [0.1, 0.15) is 25.3 Å². The Balaban J connectivity index is 1.36. The highest BCUT2D eigenvalue weighted by Crippen LogP contribution is 2.31. The van der Waals surface area contributed by atoms with Gasteiger partial charge in [0.15, 0.2) is 0 Å². The van der Waals surface area contributed by atoms with Gasteiger partial charge in [-0.2, -0.15) is 4.98 Å². The molecular weight excluding hydrogens is 364 g/mol. The minimum atomic E-state index is 0.519. The minimum absolute atomic E-state index is 0.519. The molecule has 3 heterocycles. The monoisotopic (exact) mass is 394 g/mol. The Morgan fingerprint density at radius 1 is 1.00 bits per heavy atom. The smallest absolute Gasteiger partial charge is 0.263 e. The van der Waals surface area contributed by atoms with Crippen LogP contribution in [0.2, 0.25) is 0 Å². The Bertz CT molecular complexity index is 915. The number of rotatable bonds is 8. The van der Waals surface area contributed by atoms with Crippen molar-refractivity contribution in [3.8, 4) is 11.3 Å². The molecule has 2 aromatic heterocycles. The van der Waals surface area contributed by atoms with Crippen molar-refractivity contribution in [3.05, 3.63) is 36.2 Å². The molecule has 0 bridgehead atoms. The average Bonchev–Trinajstić information content (AvgIpc) is 3.18. The number of nitrogens with zero attached hydrogens (tertiary/aromatic N) is 5. The molecule has 4 rings (SSSR count). The second-order valence-corrected chi connectivity index (χ2v) is 7.76. The summed E-state index contributed by atoms with van der Waals surface area (Å²) in [7, 11) is 0. The van der Waals surface area contributed by atoms with E-state index in [4.69, 9.17) is 4.52 Å². The summed E-state index contributed by atoms with van der Waals surface area (Å²) in [6.07, 6.45) is 3.84. The topological polar surface area (TPSA) is 70.3 Å². The van der Waals surface area contributed by atoms with E-state index in [1.807, 2.05) is 0 Å². The number of nitrogens with one attached hydrogen (secondary N) is 1. The van der Waals surface area contributed by atoms with Crippen LogP contribution in [0, 0.1) is 6.92 Å². The van der Waals surface area contributed by atoms with Crippen molar-refractivity contribution in [1.82, 2.24) is 24.9 Å². The first kappa shape index (κ1) is 19.8. The quantitative estimate of drug-likeness (QED) is 0.587. The second kappa shape index (κ2) is 9.33. The number of aryl methyl sites for hydroxylation is 1. The molecule has 1 aromatic carbocycles. The summed E-state index contributed by atoms with van der Waals surface area (Å²) in [5, 5.41) is 8.58. The van der Waals surface area contributed by atoms with E-state index >= 15 is 0 Å². The third-order valence-electron chi connectivity index (χ3n) is 5.55. The zero-order valence-electron chi connectivity index (χ0n) is 17.4. The lowest BCUT2D eigenvalue weighted by molar-refractivity contribution is 0.132. The molecule has 1 aliphatic heterocycles. The van der Waals surface area contributed by atoms with Crippen molar-refractivity contribution in [1.29, 1.82) is 0 Å². The number of piperazine rings is 1. The van der Waals surface area contributed by atoms with Gasteiger partial charge in [-0.25, -0.2) is 4.98 Å². The Morgan fingerprint density at radius 3 is 2.45 bits per heavy atom. The lowest BCUT2D eigenvalue weighted by atomic mass is 10.1. The summed E-state index contributed by atoms with van der Waals surface area (Å²) in [6, 6.07) is 8.27. The summed E-state index contributed by atoms with van der Waals surface area (Å²) in [5.41, 5.74) is 3.53. The number of aromatic nitrogens is 3. The second-order valence-electron chi connectivity index (χ2n) is 7.76. The largest absolute Gasteiger partial charge is 0.369 e. The molecule has 0 saturated carbocycles. The van der Waals surface area contributed by atoms with Crippen molar-refractivity contribution in [2.45, 2.75) is 26.7 Å². The number of hydrogen-bond acceptors (Lipinski definition) is 7. The summed E-state index contributed by atoms with van der Waals surface area (Å²) < 4.78 is 5.45. The molecular formula is C22H30N6O. The van der Waals surface area contributed by atoms with Crippen LogP contribution in [0.5, 0.6) is 0 Å². The normalized spacial score (nSPS) is 15.8. The lowest BCUT2D eigenvalue weighted by Crippen LogP contribution is -2.46. The maximum atomic E-state index is 5.45. The van der Waals surface area contributed by atoms with Gasteiger partial charge in [0.25, 0.3) is 5.71 Å². The highest BCUT2D eigenvalue weighted by atomic mass is 16.5. The molecule has 7 heteroatoms. The van der Waals surface area contributed by atoms with Crippen LogP contribution < -0.4 is 5.32 Å². The molecule has 0 spiro atoms. The van der Waals surface area contributed by atoms with E-state index in [0.717, 1.165) is 42.0 Å². The molecule has 7 nitrogen and oxygen atoms in total. The van der Waals surface area contributed by atoms with Crippen molar-refractivity contribution >= 4 is 16.9 Å². The van der Waals surface area contributed by atoms with Crippen LogP contribution in [0.25, 0.3) is 22.4 Å². The molecule has 0 unspecified atom stereocenters. The van der Waals surface area contributed by atoms with E-state index in [0.29, 0.717) is 5.71 Å². The molecule has 0 atom stereocenters. The Labute approximate surface area is 172 Å². The number of hydrogen-bond donors (Lipinski definition) is 1. The van der Waals surface area contributed by atoms with Gasteiger partial charge in [0.05, 0.1) is 0 Å². The van der Waals surface area contributed by atoms with Crippen LogP contribution in [-0.2, 0) is 0 Å². The molecule has 29 heavy (non-hydrogen) atoms. The first-order valence-electron chi connectivity index (χ1n) is 10.6. The molecule has 1 fully saturated rings. The number of fused-ring (bicyclic) bond motifs is 1. The first-order valence-corrected chi connectivity index (χ1v) is 10.6. The highest BCUT2D eigenvalue weighted by molar-refractivity contribution is 5.97. The molecule has 0 aliphatic carbocycles. The Kier molecular flexibility index (Phi) is 6.36. The number of benzene rings is 1. The highest BCUT2D eigenvalue weighted by Gasteiger charge is 2.17. The fraction of sp³-hybridized carbons (Fsp3) is 0.500. The Morgan fingerprint density at radius 2 is 1.72 bits per heavy atom. The summed E-state index contributed by atoms with van der Waals surface area (Å²) in [4.78, 5) is 13.8. The molecule has 1 aliphatic rings. The van der Waals surface area contributed by atoms with E-state index in [2.05, 4.69) is 68.4 Å². The van der Waals surface area contributed by atoms with Gasteiger partial charge < -0.3 is 19.6 Å². The first-order chi connectivity index (χ1) is 14.2. The standard InChI is InChI=1S/C22H30N6O/c1-3-10-27-12-14-28(15-13-27)11-4-9-23-21-19-20(18-7-5-17(2)6-8-18)26-29-22(19)25-16-24-21/h5-8,16H,3-4,9-15H2,1-2H3,(H,23,24,25). The van der Waals surface area contributed by atoms with E-state index < -0.39 is 0 Å². The Hall–Kier alpha value is -2.51. The zero-order valence-corrected chi connectivity index (χ0v) is 17.4. The summed E-state index contributed by atoms with van der Waals surface area (Å²) in [5.74, 6) is 0.791. The van der Waals surface area contributed by atoms with Gasteiger partial charge in [-0.3, -0.25) is 0 Å². The van der Waals surface area contributed by atoms with Gasteiger partial charge in [0.2, 0.25) is 0 Å². The molecule has 154 valence electrons. The maximum Gasteiger partial charge on any atom is 0.263 e. The van der Waals surface area contributed by atoms with Crippen LogP contribution in [0.15, 0.2) is 35.1 Å². The third-order valence-corrected chi connectivity index (χ3v) is 5.55. The van der Waals surface area contributed by atoms with E-state index in [1.165, 1.54) is 51.0 Å². The predicted octanol–water partition coefficient (Wildman–Crippen LogP) is 3.42. The fourth-order valence-electron chi connectivity index (χ4n) is 3.89. The maximum absolute atomic E-state index is 5.45. The van der Waals surface area contributed by atoms with Crippen LogP contribution >= 0.6 is 0 Å². The predicted molar refractivity (Wildman–Crippen MR) is 116 cm³/mol. The summed E-state index contributed by atoms with van der Waals surface area (Å²) >= 11 is 0. The molecule has 1 N–H and O–H groups in total. The van der Waals surface area contributed by atoms with Gasteiger partial charge in [-0.05, 0) is 32.9 Å². The van der Waals surface area contributed by atoms with Crippen LogP contribution in [0.3, 0.4) is 0 Å². The van der Waals surface area contributed by atoms with E-state index in [-0.39, 0.29) is 0 Å².